The number of halogens is 3. The second-order valence-corrected chi connectivity index (χ2v) is 5.79. The molecule has 1 atom stereocenters. The SMILES string of the molecule is COc1cccc([C@@H](C2CCC2)N2CCNCC2)c1F.Cl.Cl. The van der Waals surface area contributed by atoms with E-state index in [4.69, 9.17) is 4.74 Å². The average molecular weight is 351 g/mol. The summed E-state index contributed by atoms with van der Waals surface area (Å²) in [6.45, 7) is 3.99. The Morgan fingerprint density at radius 3 is 2.45 bits per heavy atom. The summed E-state index contributed by atoms with van der Waals surface area (Å²) in [5.74, 6) is 0.780. The Morgan fingerprint density at radius 1 is 1.23 bits per heavy atom. The van der Waals surface area contributed by atoms with Crippen molar-refractivity contribution in [3.05, 3.63) is 29.6 Å². The van der Waals surface area contributed by atoms with Crippen LogP contribution in [0.2, 0.25) is 0 Å². The molecule has 1 aromatic rings. The van der Waals surface area contributed by atoms with Gasteiger partial charge in [-0.3, -0.25) is 4.90 Å². The number of hydrogen-bond acceptors (Lipinski definition) is 3. The van der Waals surface area contributed by atoms with Crippen LogP contribution >= 0.6 is 24.8 Å². The Balaban J connectivity index is 0.00000121. The van der Waals surface area contributed by atoms with Crippen LogP contribution < -0.4 is 10.1 Å². The van der Waals surface area contributed by atoms with Gasteiger partial charge < -0.3 is 10.1 Å². The fourth-order valence-electron chi connectivity index (χ4n) is 3.38. The van der Waals surface area contributed by atoms with Crippen molar-refractivity contribution in [2.75, 3.05) is 33.3 Å². The molecule has 1 aliphatic carbocycles. The fourth-order valence-corrected chi connectivity index (χ4v) is 3.38. The Kier molecular flexibility index (Phi) is 7.90. The number of hydrogen-bond donors (Lipinski definition) is 1. The molecule has 3 nitrogen and oxygen atoms in total. The van der Waals surface area contributed by atoms with Crippen LogP contribution in [0.15, 0.2) is 18.2 Å². The van der Waals surface area contributed by atoms with Crippen LogP contribution in [0.4, 0.5) is 4.39 Å². The Morgan fingerprint density at radius 2 is 1.91 bits per heavy atom. The summed E-state index contributed by atoms with van der Waals surface area (Å²) in [7, 11) is 1.53. The first-order valence-electron chi connectivity index (χ1n) is 7.58. The summed E-state index contributed by atoms with van der Waals surface area (Å²) in [6, 6.07) is 5.75. The van der Waals surface area contributed by atoms with Crippen LogP contribution in [0.5, 0.6) is 5.75 Å². The van der Waals surface area contributed by atoms with E-state index in [9.17, 15) is 4.39 Å². The third-order valence-electron chi connectivity index (χ3n) is 4.67. The molecule has 6 heteroatoms. The van der Waals surface area contributed by atoms with E-state index in [1.807, 2.05) is 12.1 Å². The van der Waals surface area contributed by atoms with Crippen molar-refractivity contribution in [3.63, 3.8) is 0 Å². The van der Waals surface area contributed by atoms with Gasteiger partial charge in [-0.1, -0.05) is 18.6 Å². The number of ether oxygens (including phenoxy) is 1. The molecule has 2 fully saturated rings. The number of nitrogens with one attached hydrogen (secondary N) is 1. The molecule has 1 N–H and O–H groups in total. The molecule has 1 saturated carbocycles. The largest absolute Gasteiger partial charge is 0.494 e. The van der Waals surface area contributed by atoms with Crippen molar-refractivity contribution in [2.24, 2.45) is 5.92 Å². The van der Waals surface area contributed by atoms with Gasteiger partial charge in [-0.05, 0) is 24.8 Å². The molecular formula is C16H25Cl2FN2O. The maximum absolute atomic E-state index is 14.6. The van der Waals surface area contributed by atoms with E-state index in [-0.39, 0.29) is 36.7 Å². The molecule has 1 saturated heterocycles. The number of nitrogens with zero attached hydrogens (tertiary/aromatic N) is 1. The topological polar surface area (TPSA) is 24.5 Å². The molecule has 0 unspecified atom stereocenters. The van der Waals surface area contributed by atoms with Crippen molar-refractivity contribution in [3.8, 4) is 5.75 Å². The van der Waals surface area contributed by atoms with Gasteiger partial charge >= 0.3 is 0 Å². The van der Waals surface area contributed by atoms with Gasteiger partial charge in [-0.25, -0.2) is 4.39 Å². The predicted molar refractivity (Wildman–Crippen MR) is 92.0 cm³/mol. The van der Waals surface area contributed by atoms with Gasteiger partial charge in [0.05, 0.1) is 7.11 Å². The third-order valence-corrected chi connectivity index (χ3v) is 4.67. The normalized spacial score (nSPS) is 20.3. The molecule has 0 aromatic heterocycles. The minimum absolute atomic E-state index is 0. The van der Waals surface area contributed by atoms with Crippen LogP contribution in [0.1, 0.15) is 30.9 Å². The van der Waals surface area contributed by atoms with Crippen LogP contribution in [0.25, 0.3) is 0 Å². The van der Waals surface area contributed by atoms with Crippen molar-refractivity contribution in [2.45, 2.75) is 25.3 Å². The first kappa shape index (κ1) is 19.5. The quantitative estimate of drug-likeness (QED) is 0.900. The zero-order chi connectivity index (χ0) is 13.9. The van der Waals surface area contributed by atoms with Crippen LogP contribution in [0, 0.1) is 11.7 Å². The monoisotopic (exact) mass is 350 g/mol. The molecule has 0 radical (unpaired) electrons. The zero-order valence-corrected chi connectivity index (χ0v) is 14.5. The van der Waals surface area contributed by atoms with E-state index in [1.165, 1.54) is 26.4 Å². The Bertz CT molecular complexity index is 465. The standard InChI is InChI=1S/C16H23FN2O.2ClH/c1-20-14-7-3-6-13(15(14)17)16(12-4-2-5-12)19-10-8-18-9-11-19;;/h3,6-7,12,16,18H,2,4-5,8-11H2,1H3;2*1H/t16-;;/m1../s1. The lowest BCUT2D eigenvalue weighted by Crippen LogP contribution is -2.48. The summed E-state index contributed by atoms with van der Waals surface area (Å²) in [5.41, 5.74) is 0.816. The highest BCUT2D eigenvalue weighted by atomic mass is 35.5. The van der Waals surface area contributed by atoms with Crippen molar-refractivity contribution in [1.82, 2.24) is 10.2 Å². The number of methoxy groups -OCH3 is 1. The molecule has 0 spiro atoms. The van der Waals surface area contributed by atoms with E-state index in [2.05, 4.69) is 10.2 Å². The van der Waals surface area contributed by atoms with Crippen molar-refractivity contribution in [1.29, 1.82) is 0 Å². The Labute approximate surface area is 144 Å². The lowest BCUT2D eigenvalue weighted by atomic mass is 9.76. The molecule has 22 heavy (non-hydrogen) atoms. The molecule has 0 amide bonds. The number of benzene rings is 1. The first-order valence-corrected chi connectivity index (χ1v) is 7.58. The summed E-state index contributed by atoms with van der Waals surface area (Å²) in [6.07, 6.45) is 3.70. The fraction of sp³-hybridized carbons (Fsp3) is 0.625. The first-order chi connectivity index (χ1) is 9.81. The summed E-state index contributed by atoms with van der Waals surface area (Å²) in [5, 5.41) is 3.37. The lowest BCUT2D eigenvalue weighted by Gasteiger charge is -2.43. The van der Waals surface area contributed by atoms with Gasteiger partial charge in [-0.15, -0.1) is 24.8 Å². The third kappa shape index (κ3) is 3.85. The smallest absolute Gasteiger partial charge is 0.169 e. The van der Waals surface area contributed by atoms with Crippen LogP contribution in [0.3, 0.4) is 0 Å². The molecule has 2 aliphatic rings. The van der Waals surface area contributed by atoms with Gasteiger partial charge in [0.25, 0.3) is 0 Å². The molecule has 0 bridgehead atoms. The molecule has 1 aromatic carbocycles. The number of piperazine rings is 1. The summed E-state index contributed by atoms with van der Waals surface area (Å²) < 4.78 is 19.8. The maximum Gasteiger partial charge on any atom is 0.169 e. The molecule has 1 heterocycles. The van der Waals surface area contributed by atoms with Gasteiger partial charge in [0.2, 0.25) is 0 Å². The minimum Gasteiger partial charge on any atom is -0.494 e. The highest BCUT2D eigenvalue weighted by Crippen LogP contribution is 2.43. The Hall–Kier alpha value is -0.550. The predicted octanol–water partition coefficient (Wildman–Crippen LogP) is 3.42. The van der Waals surface area contributed by atoms with Gasteiger partial charge in [0, 0.05) is 37.8 Å². The van der Waals surface area contributed by atoms with E-state index in [0.29, 0.717) is 11.7 Å². The van der Waals surface area contributed by atoms with Gasteiger partial charge in [0.1, 0.15) is 0 Å². The lowest BCUT2D eigenvalue weighted by molar-refractivity contribution is 0.0808. The molecule has 1 aliphatic heterocycles. The van der Waals surface area contributed by atoms with E-state index >= 15 is 0 Å². The van der Waals surface area contributed by atoms with E-state index < -0.39 is 0 Å². The second kappa shape index (κ2) is 8.92. The van der Waals surface area contributed by atoms with Gasteiger partial charge in [-0.2, -0.15) is 0 Å². The summed E-state index contributed by atoms with van der Waals surface area (Å²) >= 11 is 0. The van der Waals surface area contributed by atoms with Crippen molar-refractivity contribution >= 4 is 24.8 Å². The molecular weight excluding hydrogens is 326 g/mol. The number of rotatable bonds is 4. The van der Waals surface area contributed by atoms with Crippen LogP contribution in [-0.2, 0) is 0 Å². The van der Waals surface area contributed by atoms with E-state index in [1.54, 1.807) is 6.07 Å². The maximum atomic E-state index is 14.6. The molecule has 3 rings (SSSR count). The average Bonchev–Trinajstić information content (AvgIpc) is 2.44. The van der Waals surface area contributed by atoms with Crippen LogP contribution in [-0.4, -0.2) is 38.2 Å². The van der Waals surface area contributed by atoms with E-state index in [0.717, 1.165) is 31.7 Å². The minimum atomic E-state index is -0.176. The second-order valence-electron chi connectivity index (χ2n) is 5.79. The van der Waals surface area contributed by atoms with Gasteiger partial charge in [0.15, 0.2) is 11.6 Å². The highest BCUT2D eigenvalue weighted by Gasteiger charge is 2.35. The molecule has 126 valence electrons. The highest BCUT2D eigenvalue weighted by molar-refractivity contribution is 5.85. The summed E-state index contributed by atoms with van der Waals surface area (Å²) in [4.78, 5) is 2.44. The zero-order valence-electron chi connectivity index (χ0n) is 12.9. The van der Waals surface area contributed by atoms with Crippen molar-refractivity contribution < 1.29 is 9.13 Å².